The second-order valence-electron chi connectivity index (χ2n) is 4.63. The smallest absolute Gasteiger partial charge is 0.0459 e. The third-order valence-corrected chi connectivity index (χ3v) is 3.38. The van der Waals surface area contributed by atoms with Crippen molar-refractivity contribution < 1.29 is 0 Å². The lowest BCUT2D eigenvalue weighted by molar-refractivity contribution is 0.574. The fraction of sp³-hybridized carbons (Fsp3) is 0.385. The van der Waals surface area contributed by atoms with Crippen LogP contribution in [0.1, 0.15) is 23.2 Å². The second-order valence-corrected chi connectivity index (χ2v) is 4.63. The van der Waals surface area contributed by atoms with Crippen molar-refractivity contribution in [3.8, 4) is 0 Å². The van der Waals surface area contributed by atoms with Crippen LogP contribution in [0.3, 0.4) is 0 Å². The number of nitrogens with two attached hydrogens (primary N) is 1. The van der Waals surface area contributed by atoms with Crippen molar-refractivity contribution in [3.63, 3.8) is 0 Å². The Bertz CT molecular complexity index is 510. The van der Waals surface area contributed by atoms with Crippen molar-refractivity contribution in [1.29, 1.82) is 0 Å². The number of aromatic amines is 1. The summed E-state index contributed by atoms with van der Waals surface area (Å²) in [6, 6.07) is 6.94. The molecule has 2 nitrogen and oxygen atoms in total. The topological polar surface area (TPSA) is 41.8 Å². The summed E-state index contributed by atoms with van der Waals surface area (Å²) in [5, 5.41) is 1.38. The SMILES string of the molecule is Cc1ccc2[nH]c3c(c2c1)CC(N)CC3. The standard InChI is InChI=1S/C13H16N2/c1-8-2-4-12-10(6-8)11-7-9(14)3-5-13(11)15-12/h2,4,6,9,15H,3,5,7,14H2,1H3. The average molecular weight is 200 g/mol. The molecule has 0 bridgehead atoms. The first kappa shape index (κ1) is 8.98. The summed E-state index contributed by atoms with van der Waals surface area (Å²) in [5.41, 5.74) is 11.5. The molecule has 15 heavy (non-hydrogen) atoms. The Morgan fingerprint density at radius 2 is 2.27 bits per heavy atom. The van der Waals surface area contributed by atoms with Gasteiger partial charge in [0.1, 0.15) is 0 Å². The molecule has 0 spiro atoms. The Balaban J connectivity index is 2.25. The van der Waals surface area contributed by atoms with E-state index in [1.807, 2.05) is 0 Å². The van der Waals surface area contributed by atoms with Crippen LogP contribution >= 0.6 is 0 Å². The molecule has 0 saturated heterocycles. The van der Waals surface area contributed by atoms with Gasteiger partial charge in [-0.15, -0.1) is 0 Å². The maximum Gasteiger partial charge on any atom is 0.0459 e. The van der Waals surface area contributed by atoms with Crippen molar-refractivity contribution in [3.05, 3.63) is 35.0 Å². The monoisotopic (exact) mass is 200 g/mol. The average Bonchev–Trinajstić information content (AvgIpc) is 2.56. The summed E-state index contributed by atoms with van der Waals surface area (Å²) in [5.74, 6) is 0. The lowest BCUT2D eigenvalue weighted by atomic mass is 9.92. The Hall–Kier alpha value is -1.28. The largest absolute Gasteiger partial charge is 0.358 e. The van der Waals surface area contributed by atoms with E-state index in [0.29, 0.717) is 6.04 Å². The molecular formula is C13H16N2. The lowest BCUT2D eigenvalue weighted by Crippen LogP contribution is -2.27. The molecule has 0 amide bonds. The van der Waals surface area contributed by atoms with Crippen molar-refractivity contribution in [2.24, 2.45) is 5.73 Å². The molecule has 2 heteroatoms. The van der Waals surface area contributed by atoms with Gasteiger partial charge in [0.15, 0.2) is 0 Å². The van der Waals surface area contributed by atoms with E-state index in [4.69, 9.17) is 5.73 Å². The molecule has 78 valence electrons. The number of H-pyrrole nitrogens is 1. The van der Waals surface area contributed by atoms with Gasteiger partial charge in [-0.1, -0.05) is 11.6 Å². The zero-order chi connectivity index (χ0) is 10.4. The van der Waals surface area contributed by atoms with Crippen molar-refractivity contribution in [2.45, 2.75) is 32.2 Å². The molecule has 1 aromatic carbocycles. The van der Waals surface area contributed by atoms with Crippen molar-refractivity contribution in [1.82, 2.24) is 4.98 Å². The summed E-state index contributed by atoms with van der Waals surface area (Å²) < 4.78 is 0. The van der Waals surface area contributed by atoms with Gasteiger partial charge in [-0.2, -0.15) is 0 Å². The molecule has 0 saturated carbocycles. The van der Waals surface area contributed by atoms with Crippen LogP contribution in [0.25, 0.3) is 10.9 Å². The van der Waals surface area contributed by atoms with E-state index < -0.39 is 0 Å². The van der Waals surface area contributed by atoms with Gasteiger partial charge in [-0.3, -0.25) is 0 Å². The van der Waals surface area contributed by atoms with Gasteiger partial charge in [0.2, 0.25) is 0 Å². The van der Waals surface area contributed by atoms with Crippen LogP contribution in [0, 0.1) is 6.92 Å². The summed E-state index contributed by atoms with van der Waals surface area (Å²) >= 11 is 0. The van der Waals surface area contributed by atoms with Crippen LogP contribution < -0.4 is 5.73 Å². The Kier molecular flexibility index (Phi) is 1.86. The Labute approximate surface area is 89.5 Å². The van der Waals surface area contributed by atoms with Crippen molar-refractivity contribution >= 4 is 10.9 Å². The van der Waals surface area contributed by atoms with Gasteiger partial charge < -0.3 is 10.7 Å². The number of aromatic nitrogens is 1. The van der Waals surface area contributed by atoms with Gasteiger partial charge >= 0.3 is 0 Å². The minimum Gasteiger partial charge on any atom is -0.358 e. The van der Waals surface area contributed by atoms with Crippen molar-refractivity contribution in [2.75, 3.05) is 0 Å². The third-order valence-electron chi connectivity index (χ3n) is 3.38. The highest BCUT2D eigenvalue weighted by Crippen LogP contribution is 2.29. The summed E-state index contributed by atoms with van der Waals surface area (Å²) in [4.78, 5) is 3.51. The van der Waals surface area contributed by atoms with Gasteiger partial charge in [0, 0.05) is 22.6 Å². The number of aryl methyl sites for hydroxylation is 2. The van der Waals surface area contributed by atoms with Crippen LogP contribution in [-0.4, -0.2) is 11.0 Å². The molecule has 1 aromatic heterocycles. The van der Waals surface area contributed by atoms with Crippen LogP contribution in [0.2, 0.25) is 0 Å². The quantitative estimate of drug-likeness (QED) is 0.673. The highest BCUT2D eigenvalue weighted by Gasteiger charge is 2.19. The molecular weight excluding hydrogens is 184 g/mol. The lowest BCUT2D eigenvalue weighted by Gasteiger charge is -2.18. The van der Waals surface area contributed by atoms with Crippen LogP contribution in [0.15, 0.2) is 18.2 Å². The van der Waals surface area contributed by atoms with Crippen LogP contribution in [0.4, 0.5) is 0 Å². The zero-order valence-corrected chi connectivity index (χ0v) is 9.01. The molecule has 0 aliphatic heterocycles. The maximum absolute atomic E-state index is 6.02. The summed E-state index contributed by atoms with van der Waals surface area (Å²) in [6.07, 6.45) is 3.24. The van der Waals surface area contributed by atoms with E-state index in [-0.39, 0.29) is 0 Å². The molecule has 1 aliphatic carbocycles. The predicted molar refractivity (Wildman–Crippen MR) is 63.0 cm³/mol. The van der Waals surface area contributed by atoms with Gasteiger partial charge in [-0.25, -0.2) is 0 Å². The number of fused-ring (bicyclic) bond motifs is 3. The van der Waals surface area contributed by atoms with Gasteiger partial charge in [0.05, 0.1) is 0 Å². The first-order chi connectivity index (χ1) is 7.24. The first-order valence-electron chi connectivity index (χ1n) is 5.59. The van der Waals surface area contributed by atoms with E-state index >= 15 is 0 Å². The molecule has 1 heterocycles. The van der Waals surface area contributed by atoms with E-state index in [1.54, 1.807) is 0 Å². The van der Waals surface area contributed by atoms with Crippen LogP contribution in [-0.2, 0) is 12.8 Å². The Morgan fingerprint density at radius 3 is 3.13 bits per heavy atom. The number of hydrogen-bond donors (Lipinski definition) is 2. The molecule has 1 aliphatic rings. The molecule has 3 N–H and O–H groups in total. The predicted octanol–water partition coefficient (Wildman–Crippen LogP) is 2.29. The van der Waals surface area contributed by atoms with E-state index in [2.05, 4.69) is 30.1 Å². The number of rotatable bonds is 0. The van der Waals surface area contributed by atoms with Crippen LogP contribution in [0.5, 0.6) is 0 Å². The first-order valence-corrected chi connectivity index (χ1v) is 5.59. The minimum atomic E-state index is 0.344. The molecule has 3 rings (SSSR count). The molecule has 2 aromatic rings. The minimum absolute atomic E-state index is 0.344. The number of nitrogens with one attached hydrogen (secondary N) is 1. The highest BCUT2D eigenvalue weighted by molar-refractivity contribution is 5.85. The fourth-order valence-electron chi connectivity index (χ4n) is 2.56. The van der Waals surface area contributed by atoms with Gasteiger partial charge in [0.25, 0.3) is 0 Å². The normalized spacial score (nSPS) is 20.5. The molecule has 0 radical (unpaired) electrons. The molecule has 0 fully saturated rings. The second kappa shape index (κ2) is 3.11. The molecule has 1 unspecified atom stereocenters. The highest BCUT2D eigenvalue weighted by atomic mass is 14.7. The van der Waals surface area contributed by atoms with E-state index in [0.717, 1.165) is 19.3 Å². The fourth-order valence-corrected chi connectivity index (χ4v) is 2.56. The summed E-state index contributed by atoms with van der Waals surface area (Å²) in [6.45, 7) is 2.14. The van der Waals surface area contributed by atoms with E-state index in [1.165, 1.54) is 27.7 Å². The summed E-state index contributed by atoms with van der Waals surface area (Å²) in [7, 11) is 0. The van der Waals surface area contributed by atoms with Gasteiger partial charge in [-0.05, 0) is 43.9 Å². The number of benzene rings is 1. The third kappa shape index (κ3) is 1.37. The Morgan fingerprint density at radius 1 is 1.40 bits per heavy atom. The zero-order valence-electron chi connectivity index (χ0n) is 9.01. The van der Waals surface area contributed by atoms with E-state index in [9.17, 15) is 0 Å². The maximum atomic E-state index is 6.02. The molecule has 1 atom stereocenters. The number of hydrogen-bond acceptors (Lipinski definition) is 1.